The van der Waals surface area contributed by atoms with Crippen LogP contribution in [0.3, 0.4) is 0 Å². The number of amides is 3. The van der Waals surface area contributed by atoms with Crippen LogP contribution in [0.4, 0.5) is 5.69 Å². The number of benzene rings is 1. The molecule has 17 heteroatoms. The van der Waals surface area contributed by atoms with Gasteiger partial charge in [-0.15, -0.1) is 0 Å². The first-order chi connectivity index (χ1) is 28.3. The van der Waals surface area contributed by atoms with Crippen LogP contribution in [0.15, 0.2) is 41.6 Å². The molecule has 0 aliphatic heterocycles. The lowest BCUT2D eigenvalue weighted by Gasteiger charge is -2.36. The maximum atomic E-state index is 14.2. The smallest absolute Gasteiger partial charge is 0.270 e. The minimum Gasteiger partial charge on any atom is -0.415 e. The molecule has 2 heterocycles. The highest BCUT2D eigenvalue weighted by molar-refractivity contribution is 6.76. The van der Waals surface area contributed by atoms with Gasteiger partial charge in [0.25, 0.3) is 5.91 Å². The summed E-state index contributed by atoms with van der Waals surface area (Å²) in [7, 11) is -3.21. The van der Waals surface area contributed by atoms with E-state index in [9.17, 15) is 14.4 Å². The van der Waals surface area contributed by atoms with Crippen molar-refractivity contribution in [3.8, 4) is 11.1 Å². The van der Waals surface area contributed by atoms with Crippen molar-refractivity contribution < 1.29 is 23.5 Å². The second kappa shape index (κ2) is 20.1. The van der Waals surface area contributed by atoms with Crippen LogP contribution < -0.4 is 10.6 Å². The molecule has 2 aliphatic carbocycles. The molecule has 0 saturated heterocycles. The number of rotatable bonds is 23. The van der Waals surface area contributed by atoms with Crippen LogP contribution in [0, 0.1) is 31.6 Å². The highest BCUT2D eigenvalue weighted by atomic mass is 28.4. The van der Waals surface area contributed by atoms with Crippen molar-refractivity contribution in [1.29, 1.82) is 0 Å². The molecular weight excluding hydrogens is 793 g/mol. The quantitative estimate of drug-likeness (QED) is 0.0316. The minimum atomic E-state index is -2.03. The molecule has 60 heavy (non-hydrogen) atoms. The van der Waals surface area contributed by atoms with Gasteiger partial charge in [0.1, 0.15) is 25.0 Å². The standard InChI is InChI=1S/C43H68N10O5Si2/c1-30-38(31(2)53(49-30)29-57-26-27-59(6,7)8)32-16-18-35(19-17-32)47-42(56)40(39(33-12-13-33)34-14-15-34)48-41(55)36-20-21-46-52(36)23-11-22-51(37(54)28-45-50-44)24-25-58-60(9,10)43(3,4)5/h16-21,33-34,39-40H,11-15,22-29H2,1-10H3,(H,47,56)(H,48,55)/t40-/m0/s1. The molecule has 0 unspecified atom stereocenters. The third-order valence-corrected chi connectivity index (χ3v) is 18.6. The predicted molar refractivity (Wildman–Crippen MR) is 241 cm³/mol. The van der Waals surface area contributed by atoms with E-state index in [4.69, 9.17) is 19.8 Å². The van der Waals surface area contributed by atoms with Gasteiger partial charge in [-0.25, -0.2) is 4.68 Å². The number of azide groups is 1. The Hall–Kier alpha value is -4.29. The molecule has 2 aliphatic rings. The fourth-order valence-electron chi connectivity index (χ4n) is 7.45. The van der Waals surface area contributed by atoms with Crippen molar-refractivity contribution in [3.05, 3.63) is 64.1 Å². The number of hydrogen-bond donors (Lipinski definition) is 2. The minimum absolute atomic E-state index is 0.0281. The van der Waals surface area contributed by atoms with E-state index in [-0.39, 0.29) is 35.2 Å². The van der Waals surface area contributed by atoms with Crippen LogP contribution in [0.25, 0.3) is 21.6 Å². The number of aryl methyl sites for hydroxylation is 2. The molecule has 0 radical (unpaired) electrons. The topological polar surface area (TPSA) is 181 Å². The molecule has 3 aromatic rings. The molecule has 0 spiro atoms. The van der Waals surface area contributed by atoms with Gasteiger partial charge < -0.3 is 24.7 Å². The van der Waals surface area contributed by atoms with E-state index in [0.29, 0.717) is 62.6 Å². The molecule has 328 valence electrons. The van der Waals surface area contributed by atoms with Crippen molar-refractivity contribution in [1.82, 2.24) is 29.8 Å². The number of aromatic nitrogens is 4. The van der Waals surface area contributed by atoms with E-state index >= 15 is 0 Å². The Labute approximate surface area is 358 Å². The van der Waals surface area contributed by atoms with Gasteiger partial charge in [-0.3, -0.25) is 19.1 Å². The van der Waals surface area contributed by atoms with Crippen molar-refractivity contribution in [2.75, 3.05) is 38.2 Å². The lowest BCUT2D eigenvalue weighted by Crippen LogP contribution is -2.50. The zero-order valence-corrected chi connectivity index (χ0v) is 39.6. The monoisotopic (exact) mass is 860 g/mol. The molecule has 15 nitrogen and oxygen atoms in total. The summed E-state index contributed by atoms with van der Waals surface area (Å²) in [5.74, 6) is -0.0150. The molecule has 2 saturated carbocycles. The maximum Gasteiger partial charge on any atom is 0.270 e. The molecular formula is C43H68N10O5Si2. The van der Waals surface area contributed by atoms with Gasteiger partial charge in [-0.2, -0.15) is 10.2 Å². The van der Waals surface area contributed by atoms with Crippen LogP contribution >= 0.6 is 0 Å². The van der Waals surface area contributed by atoms with Gasteiger partial charge in [0, 0.05) is 62.4 Å². The second-order valence-electron chi connectivity index (χ2n) is 19.3. The van der Waals surface area contributed by atoms with E-state index in [1.54, 1.807) is 21.8 Å². The number of anilines is 1. The highest BCUT2D eigenvalue weighted by Crippen LogP contribution is 2.51. The number of nitrogens with zero attached hydrogens (tertiary/aromatic N) is 8. The number of carbonyl (C=O) groups excluding carboxylic acids is 3. The molecule has 2 fully saturated rings. The number of carbonyl (C=O) groups is 3. The van der Waals surface area contributed by atoms with Crippen LogP contribution in [0.1, 0.15) is 74.8 Å². The Morgan fingerprint density at radius 1 is 0.983 bits per heavy atom. The Morgan fingerprint density at radius 2 is 1.65 bits per heavy atom. The van der Waals surface area contributed by atoms with E-state index in [2.05, 4.69) is 86.2 Å². The van der Waals surface area contributed by atoms with Crippen molar-refractivity contribution in [3.63, 3.8) is 0 Å². The van der Waals surface area contributed by atoms with E-state index in [0.717, 1.165) is 60.8 Å². The first kappa shape index (κ1) is 46.8. The lowest BCUT2D eigenvalue weighted by atomic mass is 9.88. The zero-order valence-electron chi connectivity index (χ0n) is 37.6. The third kappa shape index (κ3) is 12.9. The van der Waals surface area contributed by atoms with E-state index in [1.165, 1.54) is 0 Å². The predicted octanol–water partition coefficient (Wildman–Crippen LogP) is 8.40. The SMILES string of the molecule is Cc1nn(COCC[Si](C)(C)C)c(C)c1-c1ccc(NC(=O)[C@@H](NC(=O)c2ccnn2CCCN(CCO[Si](C)(C)C(C)(C)C)C(=O)CN=[N+]=[N-])C(C2CC2)C2CC2)cc1. The summed E-state index contributed by atoms with van der Waals surface area (Å²) in [4.78, 5) is 45.6. The lowest BCUT2D eigenvalue weighted by molar-refractivity contribution is -0.130. The average molecular weight is 861 g/mol. The van der Waals surface area contributed by atoms with Crippen molar-refractivity contribution in [2.45, 2.75) is 130 Å². The molecule has 2 N–H and O–H groups in total. The van der Waals surface area contributed by atoms with Crippen molar-refractivity contribution in [2.24, 2.45) is 22.9 Å². The summed E-state index contributed by atoms with van der Waals surface area (Å²) in [5, 5.41) is 19.0. The van der Waals surface area contributed by atoms with Crippen LogP contribution in [0.2, 0.25) is 43.8 Å². The fraction of sp³-hybridized carbons (Fsp3) is 0.651. The summed E-state index contributed by atoms with van der Waals surface area (Å²) in [5.41, 5.74) is 13.8. The molecule has 1 aromatic carbocycles. The molecule has 3 amide bonds. The average Bonchev–Trinajstić information content (AvgIpc) is 4.12. The Balaban J connectivity index is 1.23. The number of ether oxygens (including phenoxy) is 1. The number of hydrogen-bond acceptors (Lipinski definition) is 8. The van der Waals surface area contributed by atoms with Crippen LogP contribution in [-0.4, -0.2) is 97.5 Å². The summed E-state index contributed by atoms with van der Waals surface area (Å²) in [6.45, 7) is 24.2. The first-order valence-corrected chi connectivity index (χ1v) is 28.2. The Morgan fingerprint density at radius 3 is 2.25 bits per heavy atom. The van der Waals surface area contributed by atoms with Gasteiger partial charge in [-0.05, 0) is 117 Å². The largest absolute Gasteiger partial charge is 0.415 e. The molecule has 0 bridgehead atoms. The van der Waals surface area contributed by atoms with Gasteiger partial charge in [0.2, 0.25) is 11.8 Å². The summed E-state index contributed by atoms with van der Waals surface area (Å²) in [6, 6.07) is 9.87. The summed E-state index contributed by atoms with van der Waals surface area (Å²) < 4.78 is 15.8. The zero-order chi connectivity index (χ0) is 43.8. The number of nitrogens with one attached hydrogen (secondary N) is 2. The molecule has 5 rings (SSSR count). The first-order valence-electron chi connectivity index (χ1n) is 21.6. The second-order valence-corrected chi connectivity index (χ2v) is 29.8. The Kier molecular flexibility index (Phi) is 15.6. The summed E-state index contributed by atoms with van der Waals surface area (Å²) >= 11 is 0. The molecule has 2 aromatic heterocycles. The van der Waals surface area contributed by atoms with Gasteiger partial charge in [0.05, 0.1) is 12.3 Å². The molecule has 1 atom stereocenters. The third-order valence-electron chi connectivity index (χ3n) is 12.3. The maximum absolute atomic E-state index is 14.2. The van der Waals surface area contributed by atoms with Gasteiger partial charge >= 0.3 is 0 Å². The van der Waals surface area contributed by atoms with Gasteiger partial charge in [0.15, 0.2) is 8.32 Å². The van der Waals surface area contributed by atoms with Crippen LogP contribution in [0.5, 0.6) is 0 Å². The highest BCUT2D eigenvalue weighted by Gasteiger charge is 2.48. The van der Waals surface area contributed by atoms with E-state index in [1.807, 2.05) is 35.9 Å². The normalized spacial score (nSPS) is 15.1. The Bertz CT molecular complexity index is 1970. The van der Waals surface area contributed by atoms with Crippen LogP contribution in [-0.2, 0) is 32.0 Å². The fourth-order valence-corrected chi connectivity index (χ4v) is 9.24. The van der Waals surface area contributed by atoms with Gasteiger partial charge in [-0.1, -0.05) is 57.7 Å². The van der Waals surface area contributed by atoms with Crippen molar-refractivity contribution >= 4 is 39.8 Å². The van der Waals surface area contributed by atoms with E-state index < -0.39 is 22.4 Å². The summed E-state index contributed by atoms with van der Waals surface area (Å²) in [6.07, 6.45) is 6.30.